The molecule has 0 bridgehead atoms. The molecule has 0 saturated carbocycles. The van der Waals surface area contributed by atoms with Crippen molar-refractivity contribution >= 4 is 21.9 Å². The van der Waals surface area contributed by atoms with E-state index in [0.29, 0.717) is 12.5 Å². The minimum atomic E-state index is -3.39. The predicted octanol–water partition coefficient (Wildman–Crippen LogP) is -0.736. The second kappa shape index (κ2) is 7.97. The van der Waals surface area contributed by atoms with Crippen LogP contribution in [0, 0.1) is 5.92 Å². The molecule has 1 aliphatic heterocycles. The molecule has 1 aromatic heterocycles. The number of nitrogens with zero attached hydrogens (tertiary/aromatic N) is 4. The van der Waals surface area contributed by atoms with E-state index in [1.807, 2.05) is 4.90 Å². The van der Waals surface area contributed by atoms with Crippen LogP contribution in [0.15, 0.2) is 12.4 Å². The highest BCUT2D eigenvalue weighted by atomic mass is 32.2. The van der Waals surface area contributed by atoms with Crippen LogP contribution in [-0.2, 0) is 10.2 Å². The molecule has 1 aromatic rings. The lowest BCUT2D eigenvalue weighted by Crippen LogP contribution is -2.42. The van der Waals surface area contributed by atoms with E-state index >= 15 is 0 Å². The Bertz CT molecular complexity index is 654. The fourth-order valence-electron chi connectivity index (χ4n) is 2.41. The highest BCUT2D eigenvalue weighted by Gasteiger charge is 2.23. The van der Waals surface area contributed by atoms with E-state index in [4.69, 9.17) is 5.11 Å². The van der Waals surface area contributed by atoms with Gasteiger partial charge in [-0.25, -0.2) is 14.7 Å². The van der Waals surface area contributed by atoms with E-state index in [0.717, 1.165) is 30.2 Å². The first-order valence-corrected chi connectivity index (χ1v) is 9.15. The lowest BCUT2D eigenvalue weighted by molar-refractivity contribution is 0.0903. The number of rotatable bonds is 7. The Labute approximate surface area is 141 Å². The second-order valence-corrected chi connectivity index (χ2v) is 7.89. The fourth-order valence-corrected chi connectivity index (χ4v) is 3.11. The number of carbonyl (C=O) groups excluding carboxylic acids is 1. The number of nitrogens with one attached hydrogen (secondary N) is 1. The van der Waals surface area contributed by atoms with Crippen LogP contribution in [0.25, 0.3) is 0 Å². The summed E-state index contributed by atoms with van der Waals surface area (Å²) in [6.07, 6.45) is 4.49. The molecule has 0 aromatic carbocycles. The molecule has 24 heavy (non-hydrogen) atoms. The Balaban J connectivity index is 1.85. The third kappa shape index (κ3) is 4.69. The van der Waals surface area contributed by atoms with E-state index < -0.39 is 22.6 Å². The molecule has 0 atom stereocenters. The Morgan fingerprint density at radius 2 is 1.92 bits per heavy atom. The summed E-state index contributed by atoms with van der Waals surface area (Å²) in [7, 11) is -0.399. The van der Waals surface area contributed by atoms with Gasteiger partial charge in [0.1, 0.15) is 6.61 Å². The summed E-state index contributed by atoms with van der Waals surface area (Å²) in [6.45, 7) is 1.30. The number of carbonyl (C=O) groups is 1. The molecular weight excluding hydrogens is 334 g/mol. The zero-order chi connectivity index (χ0) is 17.7. The first-order chi connectivity index (χ1) is 11.3. The number of aliphatic hydroxyl groups is 1. The zero-order valence-corrected chi connectivity index (χ0v) is 14.7. The molecular formula is C14H23N5O4S. The Morgan fingerprint density at radius 1 is 1.33 bits per heavy atom. The van der Waals surface area contributed by atoms with Crippen molar-refractivity contribution in [1.82, 2.24) is 19.0 Å². The summed E-state index contributed by atoms with van der Waals surface area (Å²) in [5.74, 6) is 0.400. The van der Waals surface area contributed by atoms with Gasteiger partial charge in [0.15, 0.2) is 5.78 Å². The van der Waals surface area contributed by atoms with Gasteiger partial charge in [-0.3, -0.25) is 4.79 Å². The molecule has 9 nitrogen and oxygen atoms in total. The molecule has 1 saturated heterocycles. The Hall–Kier alpha value is -1.62. The van der Waals surface area contributed by atoms with Gasteiger partial charge in [-0.2, -0.15) is 12.7 Å². The number of aliphatic hydroxyl groups excluding tert-OH is 1. The fraction of sp³-hybridized carbons (Fsp3) is 0.643. The first-order valence-electron chi connectivity index (χ1n) is 7.71. The molecule has 0 spiro atoms. The second-order valence-electron chi connectivity index (χ2n) is 5.92. The summed E-state index contributed by atoms with van der Waals surface area (Å²) >= 11 is 0. The van der Waals surface area contributed by atoms with Crippen LogP contribution in [0.3, 0.4) is 0 Å². The van der Waals surface area contributed by atoms with E-state index in [9.17, 15) is 13.2 Å². The molecule has 0 unspecified atom stereocenters. The topological polar surface area (TPSA) is 116 Å². The molecule has 1 fully saturated rings. The number of piperidine rings is 1. The summed E-state index contributed by atoms with van der Waals surface area (Å²) < 4.78 is 27.2. The first kappa shape index (κ1) is 18.7. The third-order valence-electron chi connectivity index (χ3n) is 4.04. The number of Topliss-reactive ketones (excluding diaryl/α,β-unsaturated/α-hetero) is 1. The van der Waals surface area contributed by atoms with Gasteiger partial charge in [0.05, 0.1) is 5.56 Å². The van der Waals surface area contributed by atoms with Crippen LogP contribution >= 0.6 is 0 Å². The molecule has 0 aliphatic carbocycles. The predicted molar refractivity (Wildman–Crippen MR) is 89.0 cm³/mol. The van der Waals surface area contributed by atoms with Gasteiger partial charge in [-0.1, -0.05) is 0 Å². The van der Waals surface area contributed by atoms with Crippen molar-refractivity contribution in [2.75, 3.05) is 45.2 Å². The van der Waals surface area contributed by atoms with Crippen molar-refractivity contribution in [3.63, 3.8) is 0 Å². The number of anilines is 1. The van der Waals surface area contributed by atoms with Crippen LogP contribution in [0.4, 0.5) is 5.95 Å². The SMILES string of the molecule is CN(C)S(=O)(=O)NCC1CCN(c2ncc(C(=O)CO)cn2)CC1. The van der Waals surface area contributed by atoms with Crippen LogP contribution in [0.1, 0.15) is 23.2 Å². The Kier molecular flexibility index (Phi) is 6.21. The normalized spacial score (nSPS) is 16.6. The number of ketones is 1. The van der Waals surface area contributed by atoms with Gasteiger partial charge in [0, 0.05) is 46.1 Å². The van der Waals surface area contributed by atoms with E-state index in [-0.39, 0.29) is 11.5 Å². The molecule has 0 amide bonds. The minimum absolute atomic E-state index is 0.270. The van der Waals surface area contributed by atoms with E-state index in [2.05, 4.69) is 14.7 Å². The van der Waals surface area contributed by atoms with Crippen LogP contribution in [0.2, 0.25) is 0 Å². The summed E-state index contributed by atoms with van der Waals surface area (Å²) in [6, 6.07) is 0. The maximum Gasteiger partial charge on any atom is 0.278 e. The van der Waals surface area contributed by atoms with Crippen molar-refractivity contribution in [3.05, 3.63) is 18.0 Å². The zero-order valence-electron chi connectivity index (χ0n) is 13.8. The molecule has 2 N–H and O–H groups in total. The smallest absolute Gasteiger partial charge is 0.278 e. The van der Waals surface area contributed by atoms with Gasteiger partial charge in [0.25, 0.3) is 10.2 Å². The minimum Gasteiger partial charge on any atom is -0.388 e. The summed E-state index contributed by atoms with van der Waals surface area (Å²) in [5.41, 5.74) is 0.286. The largest absolute Gasteiger partial charge is 0.388 e. The summed E-state index contributed by atoms with van der Waals surface area (Å²) in [4.78, 5) is 21.7. The monoisotopic (exact) mass is 357 g/mol. The maximum absolute atomic E-state index is 11.7. The number of hydrogen-bond donors (Lipinski definition) is 2. The molecule has 2 heterocycles. The standard InChI is InChI=1S/C14H23N5O4S/c1-18(2)24(22,23)17-7-11-3-5-19(6-4-11)14-15-8-12(9-16-14)13(21)10-20/h8-9,11,17,20H,3-7,10H2,1-2H3. The van der Waals surface area contributed by atoms with Gasteiger partial charge in [-0.05, 0) is 18.8 Å². The average molecular weight is 357 g/mol. The molecule has 0 radical (unpaired) electrons. The molecule has 2 rings (SSSR count). The van der Waals surface area contributed by atoms with Gasteiger partial charge < -0.3 is 10.0 Å². The molecule has 1 aliphatic rings. The molecule has 10 heteroatoms. The highest BCUT2D eigenvalue weighted by Crippen LogP contribution is 2.20. The van der Waals surface area contributed by atoms with Crippen molar-refractivity contribution in [2.45, 2.75) is 12.8 Å². The number of aromatic nitrogens is 2. The Morgan fingerprint density at radius 3 is 2.42 bits per heavy atom. The van der Waals surface area contributed by atoms with Crippen LogP contribution < -0.4 is 9.62 Å². The van der Waals surface area contributed by atoms with Gasteiger partial charge in [0.2, 0.25) is 5.95 Å². The van der Waals surface area contributed by atoms with Crippen LogP contribution in [0.5, 0.6) is 0 Å². The van der Waals surface area contributed by atoms with Crippen molar-refractivity contribution < 1.29 is 18.3 Å². The lowest BCUT2D eigenvalue weighted by Gasteiger charge is -2.32. The maximum atomic E-state index is 11.7. The van der Waals surface area contributed by atoms with Gasteiger partial charge >= 0.3 is 0 Å². The average Bonchev–Trinajstić information content (AvgIpc) is 2.60. The number of hydrogen-bond acceptors (Lipinski definition) is 7. The van der Waals surface area contributed by atoms with Crippen molar-refractivity contribution in [3.8, 4) is 0 Å². The van der Waals surface area contributed by atoms with Gasteiger partial charge in [-0.15, -0.1) is 0 Å². The van der Waals surface area contributed by atoms with E-state index in [1.54, 1.807) is 0 Å². The highest BCUT2D eigenvalue weighted by molar-refractivity contribution is 7.87. The quantitative estimate of drug-likeness (QED) is 0.618. The van der Waals surface area contributed by atoms with Crippen molar-refractivity contribution in [1.29, 1.82) is 0 Å². The molecule has 134 valence electrons. The van der Waals surface area contributed by atoms with E-state index in [1.165, 1.54) is 26.5 Å². The van der Waals surface area contributed by atoms with Crippen molar-refractivity contribution in [2.24, 2.45) is 5.92 Å². The lowest BCUT2D eigenvalue weighted by atomic mass is 9.97. The van der Waals surface area contributed by atoms with Crippen LogP contribution in [-0.4, -0.2) is 73.9 Å². The third-order valence-corrected chi connectivity index (χ3v) is 5.53. The summed E-state index contributed by atoms with van der Waals surface area (Å²) in [5, 5.41) is 8.81.